The van der Waals surface area contributed by atoms with Crippen molar-refractivity contribution in [3.05, 3.63) is 68.2 Å². The summed E-state index contributed by atoms with van der Waals surface area (Å²) < 4.78 is 20.5. The number of aromatic amines is 1. The van der Waals surface area contributed by atoms with Gasteiger partial charge in [0.15, 0.2) is 0 Å². The summed E-state index contributed by atoms with van der Waals surface area (Å²) in [4.78, 5) is 71.5. The first-order valence-corrected chi connectivity index (χ1v) is 20.6. The number of nitrogens with one attached hydrogen (secondary N) is 1. The third-order valence-electron chi connectivity index (χ3n) is 8.05. The number of rotatable bonds is 7. The average molecular weight is 816 g/mol. The van der Waals surface area contributed by atoms with Crippen LogP contribution in [0.25, 0.3) is 16.3 Å². The topological polar surface area (TPSA) is 183 Å². The van der Waals surface area contributed by atoms with E-state index in [2.05, 4.69) is 9.97 Å². The van der Waals surface area contributed by atoms with E-state index in [1.54, 1.807) is 35.0 Å². The van der Waals surface area contributed by atoms with Gasteiger partial charge in [-0.05, 0) is 104 Å². The van der Waals surface area contributed by atoms with Gasteiger partial charge in [0, 0.05) is 44.2 Å². The second-order valence-corrected chi connectivity index (χ2v) is 17.0. The van der Waals surface area contributed by atoms with Gasteiger partial charge in [0.1, 0.15) is 17.0 Å². The first-order valence-electron chi connectivity index (χ1n) is 18.8. The van der Waals surface area contributed by atoms with Crippen molar-refractivity contribution in [2.24, 2.45) is 11.7 Å². The molecule has 5 rings (SSSR count). The SMILES string of the molecule is CC(C)(C)OC(=O)N1CCCC(c2nc(-c3cccs3)cc(=O)[nH]2)C1.CCOC(=O)/C=C(\N)c1cccs1.CCOC(=O)C1CCCN(C(=O)OC(C)(C)C)C1. The number of nitrogens with zero attached hydrogens (tertiary/aromatic N) is 3. The number of likely N-dealkylation sites (tertiary alicyclic amines) is 2. The molecule has 2 unspecified atom stereocenters. The predicted octanol–water partition coefficient (Wildman–Crippen LogP) is 7.42. The van der Waals surface area contributed by atoms with E-state index in [-0.39, 0.29) is 35.6 Å². The Kier molecular flexibility index (Phi) is 17.6. The zero-order valence-corrected chi connectivity index (χ0v) is 35.4. The fourth-order valence-electron chi connectivity index (χ4n) is 5.66. The second kappa shape index (κ2) is 21.6. The lowest BCUT2D eigenvalue weighted by molar-refractivity contribution is -0.149. The molecule has 2 aliphatic heterocycles. The molecular weight excluding hydrogens is 759 g/mol. The molecule has 2 fully saturated rings. The summed E-state index contributed by atoms with van der Waals surface area (Å²) in [7, 11) is 0. The molecule has 56 heavy (non-hydrogen) atoms. The molecule has 14 nitrogen and oxygen atoms in total. The summed E-state index contributed by atoms with van der Waals surface area (Å²) in [6.07, 6.45) is 3.97. The van der Waals surface area contributed by atoms with Crippen molar-refractivity contribution in [1.29, 1.82) is 0 Å². The van der Waals surface area contributed by atoms with Gasteiger partial charge in [-0.15, -0.1) is 22.7 Å². The normalized spacial score (nSPS) is 17.3. The van der Waals surface area contributed by atoms with E-state index in [0.717, 1.165) is 35.4 Å². The molecule has 2 amide bonds. The minimum Gasteiger partial charge on any atom is -0.466 e. The number of thiophene rings is 2. The van der Waals surface area contributed by atoms with Crippen molar-refractivity contribution < 1.29 is 38.1 Å². The number of carbonyl (C=O) groups excluding carboxylic acids is 4. The molecule has 0 saturated carbocycles. The monoisotopic (exact) mass is 815 g/mol. The molecule has 16 heteroatoms. The molecule has 2 aliphatic rings. The molecule has 0 aliphatic carbocycles. The summed E-state index contributed by atoms with van der Waals surface area (Å²) in [5.74, 6) is -0.177. The van der Waals surface area contributed by atoms with Gasteiger partial charge in [-0.2, -0.15) is 0 Å². The maximum atomic E-state index is 12.3. The minimum atomic E-state index is -0.518. The van der Waals surface area contributed by atoms with Crippen molar-refractivity contribution in [2.45, 2.75) is 98.2 Å². The number of aromatic nitrogens is 2. The number of esters is 2. The Morgan fingerprint density at radius 2 is 1.46 bits per heavy atom. The van der Waals surface area contributed by atoms with Gasteiger partial charge in [-0.3, -0.25) is 9.59 Å². The first kappa shape index (κ1) is 45.7. The Balaban J connectivity index is 0.000000239. The van der Waals surface area contributed by atoms with Gasteiger partial charge in [-0.25, -0.2) is 19.4 Å². The molecule has 0 bridgehead atoms. The van der Waals surface area contributed by atoms with E-state index in [4.69, 9.17) is 24.7 Å². The van der Waals surface area contributed by atoms with Crippen LogP contribution in [-0.2, 0) is 28.5 Å². The summed E-state index contributed by atoms with van der Waals surface area (Å²) in [5, 5.41) is 3.86. The summed E-state index contributed by atoms with van der Waals surface area (Å²) in [6, 6.07) is 9.14. The Labute approximate surface area is 337 Å². The van der Waals surface area contributed by atoms with Crippen molar-refractivity contribution in [1.82, 2.24) is 19.8 Å². The zero-order valence-electron chi connectivity index (χ0n) is 33.8. The Morgan fingerprint density at radius 1 is 0.875 bits per heavy atom. The van der Waals surface area contributed by atoms with Crippen molar-refractivity contribution in [3.63, 3.8) is 0 Å². The molecule has 308 valence electrons. The highest BCUT2D eigenvalue weighted by atomic mass is 32.1. The van der Waals surface area contributed by atoms with Crippen LogP contribution in [0.15, 0.2) is 52.0 Å². The third kappa shape index (κ3) is 15.8. The lowest BCUT2D eigenvalue weighted by atomic mass is 9.97. The number of nitrogens with two attached hydrogens (primary N) is 1. The molecule has 0 spiro atoms. The number of ether oxygens (including phenoxy) is 4. The summed E-state index contributed by atoms with van der Waals surface area (Å²) in [5.41, 5.74) is 5.59. The first-order chi connectivity index (χ1) is 26.4. The quantitative estimate of drug-likeness (QED) is 0.138. The molecule has 5 heterocycles. The lowest BCUT2D eigenvalue weighted by Crippen LogP contribution is -2.45. The van der Waals surface area contributed by atoms with Crippen LogP contribution < -0.4 is 11.3 Å². The molecule has 3 aromatic heterocycles. The highest BCUT2D eigenvalue weighted by Gasteiger charge is 2.32. The fraction of sp³-hybridized carbons (Fsp3) is 0.550. The van der Waals surface area contributed by atoms with E-state index < -0.39 is 17.2 Å². The highest BCUT2D eigenvalue weighted by molar-refractivity contribution is 7.13. The van der Waals surface area contributed by atoms with Crippen molar-refractivity contribution in [3.8, 4) is 10.6 Å². The number of H-pyrrole nitrogens is 1. The largest absolute Gasteiger partial charge is 0.466 e. The van der Waals surface area contributed by atoms with Crippen molar-refractivity contribution in [2.75, 3.05) is 39.4 Å². The fourth-order valence-corrected chi connectivity index (χ4v) is 7.00. The zero-order chi connectivity index (χ0) is 41.5. The smallest absolute Gasteiger partial charge is 0.410 e. The predicted molar refractivity (Wildman–Crippen MR) is 218 cm³/mol. The number of hydrogen-bond donors (Lipinski definition) is 2. The highest BCUT2D eigenvalue weighted by Crippen LogP contribution is 2.28. The van der Waals surface area contributed by atoms with E-state index in [9.17, 15) is 24.0 Å². The Bertz CT molecular complexity index is 1790. The van der Waals surface area contributed by atoms with Crippen LogP contribution in [0.1, 0.15) is 97.7 Å². The maximum Gasteiger partial charge on any atom is 0.410 e. The van der Waals surface area contributed by atoms with Crippen LogP contribution in [-0.4, -0.2) is 94.5 Å². The van der Waals surface area contributed by atoms with Crippen LogP contribution >= 0.6 is 22.7 Å². The molecule has 2 saturated heterocycles. The molecule has 3 aromatic rings. The molecule has 0 aromatic carbocycles. The Hall–Kier alpha value is -4.70. The van der Waals surface area contributed by atoms with Crippen LogP contribution in [0.3, 0.4) is 0 Å². The van der Waals surface area contributed by atoms with Crippen molar-refractivity contribution >= 4 is 52.5 Å². The maximum absolute atomic E-state index is 12.3. The Morgan fingerprint density at radius 3 is 2.02 bits per heavy atom. The van der Waals surface area contributed by atoms with E-state index >= 15 is 0 Å². The van der Waals surface area contributed by atoms with Gasteiger partial charge >= 0.3 is 24.1 Å². The molecule has 2 atom stereocenters. The van der Waals surface area contributed by atoms with Gasteiger partial charge in [-0.1, -0.05) is 12.1 Å². The van der Waals surface area contributed by atoms with E-state index in [0.29, 0.717) is 56.6 Å². The number of amides is 2. The second-order valence-electron chi connectivity index (χ2n) is 15.1. The molecular formula is C40H57N5O9S2. The molecule has 3 N–H and O–H groups in total. The summed E-state index contributed by atoms with van der Waals surface area (Å²) >= 11 is 3.04. The van der Waals surface area contributed by atoms with Gasteiger partial charge in [0.2, 0.25) is 0 Å². The van der Waals surface area contributed by atoms with Crippen LogP contribution in [0.5, 0.6) is 0 Å². The molecule has 0 radical (unpaired) electrons. The lowest BCUT2D eigenvalue weighted by Gasteiger charge is -2.33. The van der Waals surface area contributed by atoms with Gasteiger partial charge in [0.05, 0.1) is 40.3 Å². The third-order valence-corrected chi connectivity index (χ3v) is 9.86. The van der Waals surface area contributed by atoms with Crippen LogP contribution in [0, 0.1) is 5.92 Å². The van der Waals surface area contributed by atoms with E-state index in [1.807, 2.05) is 76.6 Å². The summed E-state index contributed by atoms with van der Waals surface area (Å²) in [6.45, 7) is 17.6. The van der Waals surface area contributed by atoms with Gasteiger partial charge in [0.25, 0.3) is 5.56 Å². The van der Waals surface area contributed by atoms with Crippen LogP contribution in [0.2, 0.25) is 0 Å². The van der Waals surface area contributed by atoms with Crippen LogP contribution in [0.4, 0.5) is 9.59 Å². The standard InChI is InChI=1S/C18H23N3O3S.C13H23NO4.C9H11NO2S/c1-18(2,3)24-17(23)21-8-4-6-12(11-21)16-19-13(10-15(22)20-16)14-7-5-9-25-14;1-5-17-11(15)10-7-6-8-14(9-10)12(16)18-13(2,3)4;1-2-12-9(11)6-7(10)8-4-3-5-13-8/h5,7,9-10,12H,4,6,8,11H2,1-3H3,(H,19,20,22);10H,5-9H2,1-4H3;3-6H,2,10H2,1H3/b;;7-6-. The van der Waals surface area contributed by atoms with E-state index in [1.165, 1.54) is 23.5 Å². The minimum absolute atomic E-state index is 0.00822. The number of hydrogen-bond acceptors (Lipinski definition) is 13. The average Bonchev–Trinajstić information content (AvgIpc) is 3.87. The number of carbonyl (C=O) groups is 4. The van der Waals surface area contributed by atoms with Gasteiger partial charge < -0.3 is 39.5 Å². The number of piperidine rings is 2.